The lowest BCUT2D eigenvalue weighted by molar-refractivity contribution is -0.384. The van der Waals surface area contributed by atoms with E-state index in [0.717, 1.165) is 25.7 Å². The number of nitro groups is 1. The van der Waals surface area contributed by atoms with Crippen molar-refractivity contribution in [2.45, 2.75) is 38.1 Å². The molecule has 0 radical (unpaired) electrons. The number of anilines is 1. The standard InChI is InChI=1S/C22H25N3O5/c1-24(18-5-3-2-4-6-18)22(27)16-7-9-17(10-8-16)23-21(26)15-30-20-13-11-19(12-14-20)25(28)29/h7-14,18H,2-6,15H2,1H3,(H,23,26). The number of nitrogens with zero attached hydrogens (tertiary/aromatic N) is 2. The normalized spacial score (nSPS) is 14.0. The number of rotatable bonds is 7. The molecular formula is C22H25N3O5. The van der Waals surface area contributed by atoms with Crippen LogP contribution in [0.1, 0.15) is 42.5 Å². The molecule has 0 bridgehead atoms. The van der Waals surface area contributed by atoms with Crippen molar-refractivity contribution in [3.8, 4) is 5.75 Å². The number of benzene rings is 2. The van der Waals surface area contributed by atoms with Crippen LogP contribution in [0, 0.1) is 10.1 Å². The third-order valence-electron chi connectivity index (χ3n) is 5.28. The van der Waals surface area contributed by atoms with Crippen LogP contribution in [0.25, 0.3) is 0 Å². The first-order chi connectivity index (χ1) is 14.4. The number of carbonyl (C=O) groups excluding carboxylic acids is 2. The highest BCUT2D eigenvalue weighted by atomic mass is 16.6. The van der Waals surface area contributed by atoms with Gasteiger partial charge in [-0.3, -0.25) is 19.7 Å². The Morgan fingerprint density at radius 1 is 1.07 bits per heavy atom. The predicted molar refractivity (Wildman–Crippen MR) is 113 cm³/mol. The third-order valence-corrected chi connectivity index (χ3v) is 5.28. The van der Waals surface area contributed by atoms with Gasteiger partial charge in [0.2, 0.25) is 0 Å². The SMILES string of the molecule is CN(C(=O)c1ccc(NC(=O)COc2ccc([N+](=O)[O-])cc2)cc1)C1CCCCC1. The number of nitro benzene ring substituents is 1. The van der Waals surface area contributed by atoms with Gasteiger partial charge in [0.05, 0.1) is 4.92 Å². The van der Waals surface area contributed by atoms with Gasteiger partial charge in [-0.2, -0.15) is 0 Å². The molecule has 2 amide bonds. The minimum absolute atomic E-state index is 0.0127. The summed E-state index contributed by atoms with van der Waals surface area (Å²) in [6.45, 7) is -0.233. The molecule has 1 N–H and O–H groups in total. The van der Waals surface area contributed by atoms with Crippen LogP contribution >= 0.6 is 0 Å². The lowest BCUT2D eigenvalue weighted by Crippen LogP contribution is -2.38. The summed E-state index contributed by atoms with van der Waals surface area (Å²) in [4.78, 5) is 36.7. The van der Waals surface area contributed by atoms with Crippen LogP contribution in [0.2, 0.25) is 0 Å². The predicted octanol–water partition coefficient (Wildman–Crippen LogP) is 4.02. The minimum Gasteiger partial charge on any atom is -0.484 e. The maximum Gasteiger partial charge on any atom is 0.269 e. The lowest BCUT2D eigenvalue weighted by atomic mass is 9.94. The van der Waals surface area contributed by atoms with Crippen LogP contribution in [-0.4, -0.2) is 41.3 Å². The number of hydrogen-bond donors (Lipinski definition) is 1. The largest absolute Gasteiger partial charge is 0.484 e. The molecule has 0 aromatic heterocycles. The number of carbonyl (C=O) groups is 2. The molecule has 0 unspecified atom stereocenters. The van der Waals surface area contributed by atoms with Gasteiger partial charge in [-0.05, 0) is 49.2 Å². The van der Waals surface area contributed by atoms with Crippen molar-refractivity contribution in [3.63, 3.8) is 0 Å². The molecule has 0 aliphatic heterocycles. The van der Waals surface area contributed by atoms with E-state index in [1.807, 2.05) is 11.9 Å². The first-order valence-electron chi connectivity index (χ1n) is 9.98. The van der Waals surface area contributed by atoms with Crippen LogP contribution < -0.4 is 10.1 Å². The van der Waals surface area contributed by atoms with Gasteiger partial charge < -0.3 is 15.0 Å². The Balaban J connectivity index is 1.50. The first kappa shape index (κ1) is 21.3. The van der Waals surface area contributed by atoms with E-state index in [9.17, 15) is 19.7 Å². The van der Waals surface area contributed by atoms with E-state index in [2.05, 4.69) is 5.32 Å². The van der Waals surface area contributed by atoms with Crippen molar-refractivity contribution in [1.29, 1.82) is 0 Å². The molecule has 2 aromatic carbocycles. The third kappa shape index (κ3) is 5.56. The van der Waals surface area contributed by atoms with Crippen molar-refractivity contribution in [2.24, 2.45) is 0 Å². The molecule has 1 saturated carbocycles. The van der Waals surface area contributed by atoms with Crippen molar-refractivity contribution < 1.29 is 19.2 Å². The molecule has 158 valence electrons. The molecule has 8 nitrogen and oxygen atoms in total. The van der Waals surface area contributed by atoms with E-state index < -0.39 is 4.92 Å². The number of ether oxygens (including phenoxy) is 1. The molecular weight excluding hydrogens is 386 g/mol. The van der Waals surface area contributed by atoms with Gasteiger partial charge in [0, 0.05) is 36.5 Å². The molecule has 30 heavy (non-hydrogen) atoms. The Kier molecular flexibility index (Phi) is 7.00. The Labute approximate surface area is 175 Å². The minimum atomic E-state index is -0.502. The summed E-state index contributed by atoms with van der Waals surface area (Å²) in [5.74, 6) is -0.0181. The van der Waals surface area contributed by atoms with Crippen LogP contribution in [-0.2, 0) is 4.79 Å². The average molecular weight is 411 g/mol. The summed E-state index contributed by atoms with van der Waals surface area (Å²) in [5.41, 5.74) is 1.10. The fraction of sp³-hybridized carbons (Fsp3) is 0.364. The Hall–Kier alpha value is -3.42. The number of hydrogen-bond acceptors (Lipinski definition) is 5. The molecule has 1 aliphatic rings. The summed E-state index contributed by atoms with van der Waals surface area (Å²) in [6, 6.07) is 12.6. The van der Waals surface area contributed by atoms with E-state index in [4.69, 9.17) is 4.74 Å². The van der Waals surface area contributed by atoms with Gasteiger partial charge in [-0.15, -0.1) is 0 Å². The van der Waals surface area contributed by atoms with Crippen molar-refractivity contribution in [2.75, 3.05) is 19.0 Å². The number of nitrogens with one attached hydrogen (secondary N) is 1. The monoisotopic (exact) mass is 411 g/mol. The second-order valence-electron chi connectivity index (χ2n) is 7.37. The highest BCUT2D eigenvalue weighted by Crippen LogP contribution is 2.23. The maximum atomic E-state index is 12.7. The van der Waals surface area contributed by atoms with Crippen molar-refractivity contribution in [3.05, 3.63) is 64.2 Å². The zero-order chi connectivity index (χ0) is 21.5. The first-order valence-corrected chi connectivity index (χ1v) is 9.98. The number of amides is 2. The van der Waals surface area contributed by atoms with Crippen LogP contribution in [0.3, 0.4) is 0 Å². The zero-order valence-electron chi connectivity index (χ0n) is 16.9. The van der Waals surface area contributed by atoms with Gasteiger partial charge in [0.25, 0.3) is 17.5 Å². The number of non-ortho nitro benzene ring substituents is 1. The maximum absolute atomic E-state index is 12.7. The topological polar surface area (TPSA) is 102 Å². The van der Waals surface area contributed by atoms with Crippen molar-refractivity contribution >= 4 is 23.2 Å². The average Bonchev–Trinajstić information content (AvgIpc) is 2.78. The van der Waals surface area contributed by atoms with E-state index in [1.54, 1.807) is 24.3 Å². The van der Waals surface area contributed by atoms with Gasteiger partial charge in [-0.25, -0.2) is 0 Å². The van der Waals surface area contributed by atoms with Gasteiger partial charge in [0.15, 0.2) is 6.61 Å². The summed E-state index contributed by atoms with van der Waals surface area (Å²) in [5, 5.41) is 13.3. The van der Waals surface area contributed by atoms with Crippen LogP contribution in [0.15, 0.2) is 48.5 Å². The fourth-order valence-electron chi connectivity index (χ4n) is 3.54. The van der Waals surface area contributed by atoms with Crippen LogP contribution in [0.4, 0.5) is 11.4 Å². The zero-order valence-corrected chi connectivity index (χ0v) is 16.9. The molecule has 1 aliphatic carbocycles. The molecule has 2 aromatic rings. The Morgan fingerprint density at radius 2 is 1.70 bits per heavy atom. The Morgan fingerprint density at radius 3 is 2.30 bits per heavy atom. The molecule has 1 fully saturated rings. The fourth-order valence-corrected chi connectivity index (χ4v) is 3.54. The molecule has 0 heterocycles. The summed E-state index contributed by atoms with van der Waals surface area (Å²) in [7, 11) is 1.85. The molecule has 0 spiro atoms. The molecule has 8 heteroatoms. The van der Waals surface area contributed by atoms with Gasteiger partial charge in [0.1, 0.15) is 5.75 Å². The van der Waals surface area contributed by atoms with Crippen LogP contribution in [0.5, 0.6) is 5.75 Å². The smallest absolute Gasteiger partial charge is 0.269 e. The summed E-state index contributed by atoms with van der Waals surface area (Å²) < 4.78 is 5.34. The van der Waals surface area contributed by atoms with E-state index in [0.29, 0.717) is 23.0 Å². The summed E-state index contributed by atoms with van der Waals surface area (Å²) >= 11 is 0. The van der Waals surface area contributed by atoms with Gasteiger partial charge in [-0.1, -0.05) is 19.3 Å². The van der Waals surface area contributed by atoms with E-state index in [1.165, 1.54) is 30.7 Å². The molecule has 0 saturated heterocycles. The Bertz CT molecular complexity index is 890. The van der Waals surface area contributed by atoms with Gasteiger partial charge >= 0.3 is 0 Å². The quantitative estimate of drug-likeness (QED) is 0.548. The van der Waals surface area contributed by atoms with E-state index in [-0.39, 0.29) is 24.1 Å². The van der Waals surface area contributed by atoms with E-state index >= 15 is 0 Å². The highest BCUT2D eigenvalue weighted by molar-refractivity contribution is 5.96. The lowest BCUT2D eigenvalue weighted by Gasteiger charge is -2.31. The summed E-state index contributed by atoms with van der Waals surface area (Å²) in [6.07, 6.45) is 5.65. The second-order valence-corrected chi connectivity index (χ2v) is 7.37. The second kappa shape index (κ2) is 9.87. The highest BCUT2D eigenvalue weighted by Gasteiger charge is 2.22. The molecule has 3 rings (SSSR count). The molecule has 0 atom stereocenters. The van der Waals surface area contributed by atoms with Crippen molar-refractivity contribution in [1.82, 2.24) is 4.90 Å².